The van der Waals surface area contributed by atoms with Crippen LogP contribution in [-0.2, 0) is 7.05 Å². The summed E-state index contributed by atoms with van der Waals surface area (Å²) in [6.45, 7) is 0. The maximum absolute atomic E-state index is 13.9. The Morgan fingerprint density at radius 2 is 1.81 bits per heavy atom. The van der Waals surface area contributed by atoms with Gasteiger partial charge in [0.2, 0.25) is 0 Å². The molecule has 2 aromatic carbocycles. The maximum Gasteiger partial charge on any atom is 0.194 e. The van der Waals surface area contributed by atoms with E-state index in [0.717, 1.165) is 12.1 Å². The number of aromatic amines is 1. The second-order valence-corrected chi connectivity index (χ2v) is 6.25. The fraction of sp³-hybridized carbons (Fsp3) is 0.0526. The van der Waals surface area contributed by atoms with Crippen LogP contribution in [0.4, 0.5) is 13.2 Å². The fourth-order valence-electron chi connectivity index (χ4n) is 3.35. The van der Waals surface area contributed by atoms with Gasteiger partial charge in [-0.15, -0.1) is 0 Å². The summed E-state index contributed by atoms with van der Waals surface area (Å²) in [5.41, 5.74) is 1.74. The van der Waals surface area contributed by atoms with E-state index in [-0.39, 0.29) is 16.6 Å². The van der Waals surface area contributed by atoms with Crippen molar-refractivity contribution in [3.05, 3.63) is 64.2 Å². The molecule has 0 amide bonds. The van der Waals surface area contributed by atoms with Crippen molar-refractivity contribution in [3.8, 4) is 11.1 Å². The summed E-state index contributed by atoms with van der Waals surface area (Å²) >= 11 is 0. The molecule has 0 bridgehead atoms. The Hall–Kier alpha value is -3.55. The number of hydrogen-bond donors (Lipinski definition) is 1. The van der Waals surface area contributed by atoms with Crippen molar-refractivity contribution in [1.82, 2.24) is 14.8 Å². The third kappa shape index (κ3) is 2.13. The molecule has 0 radical (unpaired) electrons. The lowest BCUT2D eigenvalue weighted by Crippen LogP contribution is -1.95. The van der Waals surface area contributed by atoms with Crippen LogP contribution in [0.3, 0.4) is 0 Å². The highest BCUT2D eigenvalue weighted by molar-refractivity contribution is 6.14. The number of aromatic nitrogens is 3. The molecule has 3 aromatic heterocycles. The molecule has 0 spiro atoms. The second-order valence-electron chi connectivity index (χ2n) is 6.25. The van der Waals surface area contributed by atoms with Crippen molar-refractivity contribution in [2.75, 3.05) is 0 Å². The molecular weight excluding hydrogens is 359 g/mol. The summed E-state index contributed by atoms with van der Waals surface area (Å²) in [6, 6.07) is 6.11. The number of aryl methyl sites for hydroxylation is 1. The average molecular weight is 369 g/mol. The van der Waals surface area contributed by atoms with E-state index >= 15 is 0 Å². The number of benzene rings is 2. The SMILES string of the molecule is Cn1[nH]cc2c(-c3cc(F)c(F)c(F)c3)c3oc4cc(=O)ccc4c3nc21. The maximum atomic E-state index is 13.9. The van der Waals surface area contributed by atoms with Crippen LogP contribution in [-0.4, -0.2) is 14.8 Å². The lowest BCUT2D eigenvalue weighted by Gasteiger charge is -2.07. The van der Waals surface area contributed by atoms with Gasteiger partial charge in [-0.2, -0.15) is 0 Å². The van der Waals surface area contributed by atoms with E-state index in [2.05, 4.69) is 10.1 Å². The van der Waals surface area contributed by atoms with Crippen LogP contribution in [0, 0.1) is 17.5 Å². The molecule has 0 aliphatic heterocycles. The molecule has 5 nitrogen and oxygen atoms in total. The van der Waals surface area contributed by atoms with Crippen LogP contribution in [0.2, 0.25) is 0 Å². The molecule has 5 aromatic rings. The summed E-state index contributed by atoms with van der Waals surface area (Å²) in [5, 5.41) is 4.08. The van der Waals surface area contributed by atoms with Crippen LogP contribution in [0.5, 0.6) is 0 Å². The van der Waals surface area contributed by atoms with Gasteiger partial charge in [-0.3, -0.25) is 9.48 Å². The highest BCUT2D eigenvalue weighted by Crippen LogP contribution is 2.39. The van der Waals surface area contributed by atoms with Crippen molar-refractivity contribution < 1.29 is 17.6 Å². The molecule has 5 rings (SSSR count). The Morgan fingerprint density at radius 1 is 1.07 bits per heavy atom. The van der Waals surface area contributed by atoms with Crippen molar-refractivity contribution in [1.29, 1.82) is 0 Å². The molecule has 27 heavy (non-hydrogen) atoms. The van der Waals surface area contributed by atoms with Gasteiger partial charge in [0.05, 0.1) is 0 Å². The number of halogens is 3. The van der Waals surface area contributed by atoms with Crippen LogP contribution in [0.25, 0.3) is 44.2 Å². The van der Waals surface area contributed by atoms with Crippen LogP contribution in [0.15, 0.2) is 45.7 Å². The Kier molecular flexibility index (Phi) is 3.04. The zero-order valence-electron chi connectivity index (χ0n) is 13.8. The summed E-state index contributed by atoms with van der Waals surface area (Å²) in [4.78, 5) is 16.2. The van der Waals surface area contributed by atoms with E-state index in [1.54, 1.807) is 24.0 Å². The first-order valence-electron chi connectivity index (χ1n) is 7.99. The summed E-state index contributed by atoms with van der Waals surface area (Å²) in [6.07, 6.45) is 1.61. The number of hydrogen-bond acceptors (Lipinski definition) is 3. The van der Waals surface area contributed by atoms with E-state index < -0.39 is 17.5 Å². The second kappa shape index (κ2) is 5.23. The topological polar surface area (TPSA) is 63.8 Å². The van der Waals surface area contributed by atoms with Gasteiger partial charge in [0.15, 0.2) is 34.1 Å². The minimum Gasteiger partial charge on any atom is -0.454 e. The van der Waals surface area contributed by atoms with Gasteiger partial charge in [-0.05, 0) is 29.8 Å². The van der Waals surface area contributed by atoms with Gasteiger partial charge in [0.1, 0.15) is 11.1 Å². The molecule has 0 aliphatic rings. The Balaban J connectivity index is 2.02. The van der Waals surface area contributed by atoms with Crippen LogP contribution < -0.4 is 5.43 Å². The summed E-state index contributed by atoms with van der Waals surface area (Å²) in [5.74, 6) is -4.15. The van der Waals surface area contributed by atoms with E-state index in [1.807, 2.05) is 0 Å². The lowest BCUT2D eigenvalue weighted by atomic mass is 10.0. The molecule has 0 atom stereocenters. The lowest BCUT2D eigenvalue weighted by molar-refractivity contribution is 0.448. The Morgan fingerprint density at radius 3 is 2.56 bits per heavy atom. The Bertz CT molecular complexity index is 1420. The first-order chi connectivity index (χ1) is 12.9. The molecule has 8 heteroatoms. The predicted octanol–water partition coefficient (Wildman–Crippen LogP) is 4.25. The van der Waals surface area contributed by atoms with Gasteiger partial charge in [-0.25, -0.2) is 18.2 Å². The fourth-order valence-corrected chi connectivity index (χ4v) is 3.35. The molecule has 0 unspecified atom stereocenters. The molecule has 0 fully saturated rings. The first-order valence-corrected chi connectivity index (χ1v) is 7.99. The minimum absolute atomic E-state index is 0.102. The van der Waals surface area contributed by atoms with Crippen molar-refractivity contribution in [2.45, 2.75) is 0 Å². The number of fused-ring (bicyclic) bond motifs is 4. The van der Waals surface area contributed by atoms with Gasteiger partial charge in [0, 0.05) is 35.6 Å². The predicted molar refractivity (Wildman–Crippen MR) is 93.9 cm³/mol. The monoisotopic (exact) mass is 369 g/mol. The van der Waals surface area contributed by atoms with Crippen LogP contribution in [0.1, 0.15) is 0 Å². The molecule has 0 saturated heterocycles. The minimum atomic E-state index is -1.54. The number of pyridine rings is 1. The van der Waals surface area contributed by atoms with Gasteiger partial charge in [-0.1, -0.05) is 0 Å². The zero-order chi connectivity index (χ0) is 18.9. The standard InChI is InChI=1S/C19H10F3N3O2/c1-25-19-11(7-23-25)15(8-4-12(20)16(22)13(21)5-8)18-17(24-19)10-3-2-9(26)6-14(10)27-18/h2-7,23H,1H3. The number of H-pyrrole nitrogens is 1. The summed E-state index contributed by atoms with van der Waals surface area (Å²) < 4.78 is 48.6. The zero-order valence-corrected chi connectivity index (χ0v) is 13.8. The van der Waals surface area contributed by atoms with Crippen LogP contribution >= 0.6 is 0 Å². The van der Waals surface area contributed by atoms with Crippen molar-refractivity contribution in [3.63, 3.8) is 0 Å². The highest BCUT2D eigenvalue weighted by atomic mass is 19.2. The Labute approximate surface area is 148 Å². The molecule has 0 aliphatic carbocycles. The molecular formula is C19H10F3N3O2. The number of rotatable bonds is 1. The third-order valence-corrected chi connectivity index (χ3v) is 4.58. The summed E-state index contributed by atoms with van der Waals surface area (Å²) in [7, 11) is 1.73. The van der Waals surface area contributed by atoms with Gasteiger partial charge in [0.25, 0.3) is 0 Å². The van der Waals surface area contributed by atoms with Crippen molar-refractivity contribution >= 4 is 33.1 Å². The van der Waals surface area contributed by atoms with Gasteiger partial charge >= 0.3 is 0 Å². The van der Waals surface area contributed by atoms with Crippen molar-refractivity contribution in [2.24, 2.45) is 7.05 Å². The molecule has 3 heterocycles. The first kappa shape index (κ1) is 15.7. The molecule has 1 N–H and O–H groups in total. The number of furan rings is 1. The van der Waals surface area contributed by atoms with E-state index in [0.29, 0.717) is 33.1 Å². The molecule has 0 saturated carbocycles. The van der Waals surface area contributed by atoms with E-state index in [9.17, 15) is 18.0 Å². The largest absolute Gasteiger partial charge is 0.454 e. The quantitative estimate of drug-likeness (QED) is 0.450. The average Bonchev–Trinajstić information content (AvgIpc) is 3.17. The number of nitrogens with one attached hydrogen (secondary N) is 1. The van der Waals surface area contributed by atoms with Gasteiger partial charge < -0.3 is 9.52 Å². The smallest absolute Gasteiger partial charge is 0.194 e. The van der Waals surface area contributed by atoms with E-state index in [1.165, 1.54) is 12.1 Å². The third-order valence-electron chi connectivity index (χ3n) is 4.58. The molecule has 134 valence electrons. The number of nitrogens with zero attached hydrogens (tertiary/aromatic N) is 2. The highest BCUT2D eigenvalue weighted by Gasteiger charge is 2.22. The van der Waals surface area contributed by atoms with E-state index in [4.69, 9.17) is 4.42 Å². The normalized spacial score (nSPS) is 11.9.